The molecule has 0 fully saturated rings. The van der Waals surface area contributed by atoms with Gasteiger partial charge in [-0.05, 0) is 49.4 Å². The lowest BCUT2D eigenvalue weighted by molar-refractivity contribution is 0.0997. The first-order chi connectivity index (χ1) is 12.9. The van der Waals surface area contributed by atoms with E-state index in [0.717, 1.165) is 17.8 Å². The van der Waals surface area contributed by atoms with E-state index in [9.17, 15) is 13.6 Å². The number of aromatic nitrogens is 1. The first-order valence-corrected chi connectivity index (χ1v) is 7.74. The predicted molar refractivity (Wildman–Crippen MR) is 95.1 cm³/mol. The second-order valence-electron chi connectivity index (χ2n) is 5.40. The molecule has 0 atom stereocenters. The smallest absolute Gasteiger partial charge is 0.254 e. The van der Waals surface area contributed by atoms with Crippen LogP contribution in [0.4, 0.5) is 8.78 Å². The SMILES string of the molecule is Cc1ccc(C#N)cc1.NC(=O)c1cc(F)cnc1Oc1ccc(F)cc1. The minimum atomic E-state index is -0.862. The molecular weight excluding hydrogens is 352 g/mol. The van der Waals surface area contributed by atoms with Gasteiger partial charge in [0.25, 0.3) is 5.91 Å². The summed E-state index contributed by atoms with van der Waals surface area (Å²) in [6.07, 6.45) is 0.894. The lowest BCUT2D eigenvalue weighted by Gasteiger charge is -2.07. The van der Waals surface area contributed by atoms with Gasteiger partial charge in [-0.2, -0.15) is 5.26 Å². The fourth-order valence-electron chi connectivity index (χ4n) is 1.93. The van der Waals surface area contributed by atoms with Gasteiger partial charge in [0, 0.05) is 0 Å². The summed E-state index contributed by atoms with van der Waals surface area (Å²) in [5, 5.41) is 8.38. The molecule has 0 aliphatic carbocycles. The second kappa shape index (κ2) is 9.06. The maximum absolute atomic E-state index is 12.9. The molecule has 1 heterocycles. The number of aryl methyl sites for hydroxylation is 1. The highest BCUT2D eigenvalue weighted by Gasteiger charge is 2.13. The van der Waals surface area contributed by atoms with Crippen molar-refractivity contribution in [3.63, 3.8) is 0 Å². The zero-order chi connectivity index (χ0) is 19.8. The maximum Gasteiger partial charge on any atom is 0.254 e. The van der Waals surface area contributed by atoms with Crippen molar-refractivity contribution in [2.75, 3.05) is 0 Å². The molecule has 3 rings (SSSR count). The third-order valence-electron chi connectivity index (χ3n) is 3.29. The third-order valence-corrected chi connectivity index (χ3v) is 3.29. The zero-order valence-electron chi connectivity index (χ0n) is 14.3. The quantitative estimate of drug-likeness (QED) is 0.754. The number of pyridine rings is 1. The number of benzene rings is 2. The molecule has 1 aromatic heterocycles. The van der Waals surface area contributed by atoms with Crippen LogP contribution in [0.2, 0.25) is 0 Å². The number of nitrogens with zero attached hydrogens (tertiary/aromatic N) is 2. The fraction of sp³-hybridized carbons (Fsp3) is 0.0500. The van der Waals surface area contributed by atoms with E-state index in [1.54, 1.807) is 0 Å². The van der Waals surface area contributed by atoms with Crippen LogP contribution in [0.25, 0.3) is 0 Å². The van der Waals surface area contributed by atoms with Crippen LogP contribution < -0.4 is 10.5 Å². The number of ether oxygens (including phenoxy) is 1. The molecule has 2 N–H and O–H groups in total. The Kier molecular flexibility index (Phi) is 6.55. The van der Waals surface area contributed by atoms with E-state index in [-0.39, 0.29) is 17.2 Å². The van der Waals surface area contributed by atoms with Crippen LogP contribution in [-0.4, -0.2) is 10.9 Å². The summed E-state index contributed by atoms with van der Waals surface area (Å²) in [6, 6.07) is 15.5. The molecule has 5 nitrogen and oxygen atoms in total. The number of rotatable bonds is 3. The highest BCUT2D eigenvalue weighted by atomic mass is 19.1. The summed E-state index contributed by atoms with van der Waals surface area (Å²) in [4.78, 5) is 14.7. The molecule has 0 unspecified atom stereocenters. The number of nitrogens with two attached hydrogens (primary N) is 1. The number of halogens is 2. The van der Waals surface area contributed by atoms with Crippen LogP contribution in [0, 0.1) is 29.9 Å². The van der Waals surface area contributed by atoms with Gasteiger partial charge >= 0.3 is 0 Å². The summed E-state index contributed by atoms with van der Waals surface area (Å²) in [5.74, 6) is -1.85. The Morgan fingerprint density at radius 3 is 2.26 bits per heavy atom. The van der Waals surface area contributed by atoms with Crippen molar-refractivity contribution in [3.05, 3.63) is 89.1 Å². The van der Waals surface area contributed by atoms with Gasteiger partial charge in [-0.15, -0.1) is 0 Å². The molecule has 1 amide bonds. The molecule has 0 saturated heterocycles. The van der Waals surface area contributed by atoms with Crippen LogP contribution >= 0.6 is 0 Å². The van der Waals surface area contributed by atoms with Gasteiger partial charge in [0.2, 0.25) is 5.88 Å². The van der Waals surface area contributed by atoms with Gasteiger partial charge in [-0.3, -0.25) is 4.79 Å². The Bertz CT molecular complexity index is 966. The summed E-state index contributed by atoms with van der Waals surface area (Å²) in [6.45, 7) is 2.00. The first kappa shape index (κ1) is 19.5. The van der Waals surface area contributed by atoms with Crippen LogP contribution in [0.5, 0.6) is 11.6 Å². The van der Waals surface area contributed by atoms with Crippen molar-refractivity contribution >= 4 is 5.91 Å². The van der Waals surface area contributed by atoms with Crippen molar-refractivity contribution in [2.24, 2.45) is 5.73 Å². The fourth-order valence-corrected chi connectivity index (χ4v) is 1.93. The number of carbonyl (C=O) groups is 1. The maximum atomic E-state index is 12.9. The van der Waals surface area contributed by atoms with E-state index in [1.807, 2.05) is 31.2 Å². The van der Waals surface area contributed by atoms with Crippen molar-refractivity contribution in [2.45, 2.75) is 6.92 Å². The van der Waals surface area contributed by atoms with Gasteiger partial charge in [-0.25, -0.2) is 13.8 Å². The van der Waals surface area contributed by atoms with E-state index < -0.39 is 17.5 Å². The van der Waals surface area contributed by atoms with Gasteiger partial charge in [-0.1, -0.05) is 17.7 Å². The molecule has 27 heavy (non-hydrogen) atoms. The Morgan fingerprint density at radius 1 is 1.07 bits per heavy atom. The van der Waals surface area contributed by atoms with Gasteiger partial charge in [0.1, 0.15) is 22.9 Å². The van der Waals surface area contributed by atoms with Gasteiger partial charge < -0.3 is 10.5 Å². The number of amides is 1. The van der Waals surface area contributed by atoms with Crippen molar-refractivity contribution in [3.8, 4) is 17.7 Å². The summed E-state index contributed by atoms with van der Waals surface area (Å²) in [5.41, 5.74) is 6.81. The highest BCUT2D eigenvalue weighted by molar-refractivity contribution is 5.95. The third kappa shape index (κ3) is 5.90. The molecular formula is C20H15F2N3O2. The monoisotopic (exact) mass is 367 g/mol. The van der Waals surface area contributed by atoms with Crippen molar-refractivity contribution < 1.29 is 18.3 Å². The lowest BCUT2D eigenvalue weighted by atomic mass is 10.2. The Hall–Kier alpha value is -3.79. The normalized spacial score (nSPS) is 9.56. The molecule has 2 aromatic carbocycles. The average Bonchev–Trinajstić information content (AvgIpc) is 2.66. The molecule has 0 aliphatic heterocycles. The predicted octanol–water partition coefficient (Wildman–Crippen LogP) is 4.12. The second-order valence-corrected chi connectivity index (χ2v) is 5.40. The molecule has 136 valence electrons. The molecule has 0 aliphatic rings. The van der Waals surface area contributed by atoms with E-state index in [1.165, 1.54) is 29.8 Å². The lowest BCUT2D eigenvalue weighted by Crippen LogP contribution is -2.13. The Morgan fingerprint density at radius 2 is 1.70 bits per heavy atom. The summed E-state index contributed by atoms with van der Waals surface area (Å²) < 4.78 is 30.9. The first-order valence-electron chi connectivity index (χ1n) is 7.74. The minimum absolute atomic E-state index is 0.129. The van der Waals surface area contributed by atoms with Crippen LogP contribution in [-0.2, 0) is 0 Å². The van der Waals surface area contributed by atoms with E-state index in [2.05, 4.69) is 11.1 Å². The molecule has 0 saturated carbocycles. The molecule has 0 spiro atoms. The standard InChI is InChI=1S/C12H8F2N2O2.C8H7N/c13-7-1-3-9(4-2-7)18-12-10(11(15)17)5-8(14)6-16-12;1-7-2-4-8(6-9)5-3-7/h1-6H,(H2,15,17);2-5H,1H3. The number of primary amides is 1. The number of nitriles is 1. The van der Waals surface area contributed by atoms with E-state index in [4.69, 9.17) is 15.7 Å². The van der Waals surface area contributed by atoms with E-state index in [0.29, 0.717) is 0 Å². The van der Waals surface area contributed by atoms with Crippen molar-refractivity contribution in [1.82, 2.24) is 4.98 Å². The summed E-state index contributed by atoms with van der Waals surface area (Å²) in [7, 11) is 0. The van der Waals surface area contributed by atoms with Gasteiger partial charge in [0.15, 0.2) is 0 Å². The Labute approximate surface area is 154 Å². The minimum Gasteiger partial charge on any atom is -0.438 e. The largest absolute Gasteiger partial charge is 0.438 e. The topological polar surface area (TPSA) is 89.0 Å². The summed E-state index contributed by atoms with van der Waals surface area (Å²) >= 11 is 0. The molecule has 3 aromatic rings. The highest BCUT2D eigenvalue weighted by Crippen LogP contribution is 2.23. The number of hydrogen-bond acceptors (Lipinski definition) is 4. The van der Waals surface area contributed by atoms with Crippen LogP contribution in [0.15, 0.2) is 60.8 Å². The molecule has 0 bridgehead atoms. The van der Waals surface area contributed by atoms with E-state index >= 15 is 0 Å². The number of hydrogen-bond donors (Lipinski definition) is 1. The number of carbonyl (C=O) groups excluding carboxylic acids is 1. The molecule has 7 heteroatoms. The Balaban J connectivity index is 0.000000244. The average molecular weight is 367 g/mol. The zero-order valence-corrected chi connectivity index (χ0v) is 14.3. The van der Waals surface area contributed by atoms with Crippen LogP contribution in [0.3, 0.4) is 0 Å². The molecule has 0 radical (unpaired) electrons. The van der Waals surface area contributed by atoms with Crippen LogP contribution in [0.1, 0.15) is 21.5 Å². The van der Waals surface area contributed by atoms with Crippen molar-refractivity contribution in [1.29, 1.82) is 5.26 Å². The van der Waals surface area contributed by atoms with Gasteiger partial charge in [0.05, 0.1) is 17.8 Å².